The summed E-state index contributed by atoms with van der Waals surface area (Å²) in [4.78, 5) is 30.0. The van der Waals surface area contributed by atoms with E-state index in [2.05, 4.69) is 10.3 Å². The Kier molecular flexibility index (Phi) is 5.48. The van der Waals surface area contributed by atoms with E-state index in [0.29, 0.717) is 13.0 Å². The van der Waals surface area contributed by atoms with Crippen molar-refractivity contribution in [2.45, 2.75) is 38.6 Å². The van der Waals surface area contributed by atoms with Crippen LogP contribution in [0.3, 0.4) is 0 Å². The summed E-state index contributed by atoms with van der Waals surface area (Å²) in [6.07, 6.45) is 8.89. The van der Waals surface area contributed by atoms with Crippen molar-refractivity contribution >= 4 is 11.8 Å². The van der Waals surface area contributed by atoms with Crippen LogP contribution in [0.4, 0.5) is 0 Å². The number of hydrogen-bond donors (Lipinski definition) is 1. The summed E-state index contributed by atoms with van der Waals surface area (Å²) in [5.41, 5.74) is 2.05. The van der Waals surface area contributed by atoms with E-state index in [-0.39, 0.29) is 24.4 Å². The van der Waals surface area contributed by atoms with Crippen molar-refractivity contribution in [2.24, 2.45) is 0 Å². The smallest absolute Gasteiger partial charge is 0.240 e. The molecule has 2 heterocycles. The first-order valence-corrected chi connectivity index (χ1v) is 8.79. The van der Waals surface area contributed by atoms with Crippen LogP contribution in [-0.4, -0.2) is 39.4 Å². The second kappa shape index (κ2) is 7.96. The second-order valence-corrected chi connectivity index (χ2v) is 6.48. The van der Waals surface area contributed by atoms with Crippen molar-refractivity contribution in [3.05, 3.63) is 48.5 Å². The van der Waals surface area contributed by atoms with Crippen LogP contribution in [0.2, 0.25) is 0 Å². The van der Waals surface area contributed by atoms with Crippen LogP contribution in [0.15, 0.2) is 43.0 Å². The standard InChI is InChI=1S/C19H24N4O2/c1-15(16-6-8-17(9-7-16)23-12-10-20-14-23)21-18(24)13-22-11-4-2-3-5-19(22)25/h6-10,12,14-15H,2-5,11,13H2,1H3,(H,21,24)/t15-/m0/s1. The van der Waals surface area contributed by atoms with Gasteiger partial charge in [0.1, 0.15) is 0 Å². The van der Waals surface area contributed by atoms with E-state index >= 15 is 0 Å². The van der Waals surface area contributed by atoms with Crippen molar-refractivity contribution in [1.82, 2.24) is 19.8 Å². The number of nitrogens with one attached hydrogen (secondary N) is 1. The van der Waals surface area contributed by atoms with Gasteiger partial charge in [-0.05, 0) is 37.5 Å². The lowest BCUT2D eigenvalue weighted by Gasteiger charge is -2.22. The van der Waals surface area contributed by atoms with E-state index in [4.69, 9.17) is 0 Å². The van der Waals surface area contributed by atoms with Crippen LogP contribution < -0.4 is 5.32 Å². The van der Waals surface area contributed by atoms with E-state index < -0.39 is 0 Å². The molecular formula is C19H24N4O2. The Morgan fingerprint density at radius 3 is 2.76 bits per heavy atom. The summed E-state index contributed by atoms with van der Waals surface area (Å²) in [6.45, 7) is 2.78. The molecule has 6 nitrogen and oxygen atoms in total. The highest BCUT2D eigenvalue weighted by Crippen LogP contribution is 2.16. The largest absolute Gasteiger partial charge is 0.348 e. The van der Waals surface area contributed by atoms with Gasteiger partial charge >= 0.3 is 0 Å². The minimum atomic E-state index is -0.110. The monoisotopic (exact) mass is 340 g/mol. The molecule has 1 aromatic heterocycles. The number of imidazole rings is 1. The van der Waals surface area contributed by atoms with Gasteiger partial charge in [0.2, 0.25) is 11.8 Å². The highest BCUT2D eigenvalue weighted by molar-refractivity contribution is 5.85. The van der Waals surface area contributed by atoms with Crippen molar-refractivity contribution in [2.75, 3.05) is 13.1 Å². The van der Waals surface area contributed by atoms with Gasteiger partial charge in [-0.1, -0.05) is 18.6 Å². The maximum absolute atomic E-state index is 12.3. The Morgan fingerprint density at radius 1 is 1.24 bits per heavy atom. The lowest BCUT2D eigenvalue weighted by Crippen LogP contribution is -2.41. The third kappa shape index (κ3) is 4.47. The maximum Gasteiger partial charge on any atom is 0.240 e. The lowest BCUT2D eigenvalue weighted by molar-refractivity contribution is -0.135. The van der Waals surface area contributed by atoms with Gasteiger partial charge in [-0.3, -0.25) is 9.59 Å². The molecule has 132 valence electrons. The molecule has 1 aliphatic rings. The molecule has 6 heteroatoms. The van der Waals surface area contributed by atoms with Gasteiger partial charge in [-0.2, -0.15) is 0 Å². The van der Waals surface area contributed by atoms with Crippen LogP contribution in [0.25, 0.3) is 5.69 Å². The number of carbonyl (C=O) groups excluding carboxylic acids is 2. The molecule has 1 atom stereocenters. The number of amides is 2. The molecule has 25 heavy (non-hydrogen) atoms. The molecule has 3 rings (SSSR count). The van der Waals surface area contributed by atoms with E-state index in [0.717, 1.165) is 30.5 Å². The second-order valence-electron chi connectivity index (χ2n) is 6.48. The van der Waals surface area contributed by atoms with E-state index in [1.807, 2.05) is 42.0 Å². The number of aromatic nitrogens is 2. The highest BCUT2D eigenvalue weighted by Gasteiger charge is 2.20. The first-order chi connectivity index (χ1) is 12.1. The maximum atomic E-state index is 12.3. The Bertz CT molecular complexity index is 710. The Balaban J connectivity index is 1.56. The summed E-state index contributed by atoms with van der Waals surface area (Å²) >= 11 is 0. The molecule has 0 radical (unpaired) electrons. The lowest BCUT2D eigenvalue weighted by atomic mass is 10.1. The third-order valence-corrected chi connectivity index (χ3v) is 4.58. The summed E-state index contributed by atoms with van der Waals surface area (Å²) in [5, 5.41) is 2.99. The normalized spacial score (nSPS) is 16.4. The fraction of sp³-hybridized carbons (Fsp3) is 0.421. The summed E-state index contributed by atoms with van der Waals surface area (Å²) in [5.74, 6) is -0.0218. The quantitative estimate of drug-likeness (QED) is 0.909. The third-order valence-electron chi connectivity index (χ3n) is 4.58. The fourth-order valence-electron chi connectivity index (χ4n) is 3.10. The zero-order valence-corrected chi connectivity index (χ0v) is 14.5. The van der Waals surface area contributed by atoms with Crippen LogP contribution >= 0.6 is 0 Å². The van der Waals surface area contributed by atoms with Gasteiger partial charge in [-0.25, -0.2) is 4.98 Å². The molecule has 0 spiro atoms. The molecule has 1 aromatic carbocycles. The molecule has 0 aliphatic carbocycles. The Labute approximate surface area is 147 Å². The van der Waals surface area contributed by atoms with Crippen molar-refractivity contribution in [3.63, 3.8) is 0 Å². The van der Waals surface area contributed by atoms with Gasteiger partial charge in [-0.15, -0.1) is 0 Å². The summed E-state index contributed by atoms with van der Waals surface area (Å²) in [7, 11) is 0. The van der Waals surface area contributed by atoms with Crippen molar-refractivity contribution in [1.29, 1.82) is 0 Å². The SMILES string of the molecule is C[C@H](NC(=O)CN1CCCCCC1=O)c1ccc(-n2ccnc2)cc1. The van der Waals surface area contributed by atoms with Crippen LogP contribution in [0.5, 0.6) is 0 Å². The number of hydrogen-bond acceptors (Lipinski definition) is 3. The predicted molar refractivity (Wildman–Crippen MR) is 95.2 cm³/mol. The van der Waals surface area contributed by atoms with E-state index in [1.165, 1.54) is 0 Å². The van der Waals surface area contributed by atoms with E-state index in [9.17, 15) is 9.59 Å². The number of benzene rings is 1. The minimum absolute atomic E-state index is 0.0880. The van der Waals surface area contributed by atoms with Gasteiger partial charge in [0.15, 0.2) is 0 Å². The Morgan fingerprint density at radius 2 is 2.04 bits per heavy atom. The molecule has 0 unspecified atom stereocenters. The summed E-state index contributed by atoms with van der Waals surface area (Å²) in [6, 6.07) is 7.89. The highest BCUT2D eigenvalue weighted by atomic mass is 16.2. The van der Waals surface area contributed by atoms with Gasteiger partial charge in [0.05, 0.1) is 18.9 Å². The molecule has 1 saturated heterocycles. The molecular weight excluding hydrogens is 316 g/mol. The number of nitrogens with zero attached hydrogens (tertiary/aromatic N) is 3. The zero-order valence-electron chi connectivity index (χ0n) is 14.5. The topological polar surface area (TPSA) is 67.2 Å². The van der Waals surface area contributed by atoms with E-state index in [1.54, 1.807) is 17.4 Å². The van der Waals surface area contributed by atoms with Gasteiger partial charge < -0.3 is 14.8 Å². The number of carbonyl (C=O) groups is 2. The van der Waals surface area contributed by atoms with Crippen LogP contribution in [-0.2, 0) is 9.59 Å². The van der Waals surface area contributed by atoms with Gasteiger partial charge in [0, 0.05) is 31.0 Å². The average Bonchev–Trinajstić information content (AvgIpc) is 3.07. The number of rotatable bonds is 5. The average molecular weight is 340 g/mol. The first-order valence-electron chi connectivity index (χ1n) is 8.79. The molecule has 2 amide bonds. The van der Waals surface area contributed by atoms with Crippen molar-refractivity contribution in [3.8, 4) is 5.69 Å². The van der Waals surface area contributed by atoms with Crippen molar-refractivity contribution < 1.29 is 9.59 Å². The molecule has 1 N–H and O–H groups in total. The fourth-order valence-corrected chi connectivity index (χ4v) is 3.10. The molecule has 2 aromatic rings. The molecule has 1 fully saturated rings. The Hall–Kier alpha value is -2.63. The summed E-state index contributed by atoms with van der Waals surface area (Å²) < 4.78 is 1.93. The molecule has 1 aliphatic heterocycles. The number of likely N-dealkylation sites (tertiary alicyclic amines) is 1. The first kappa shape index (κ1) is 17.2. The van der Waals surface area contributed by atoms with Crippen LogP contribution in [0.1, 0.15) is 44.2 Å². The van der Waals surface area contributed by atoms with Crippen LogP contribution in [0, 0.1) is 0 Å². The minimum Gasteiger partial charge on any atom is -0.348 e. The molecule has 0 saturated carbocycles. The predicted octanol–water partition coefficient (Wildman–Crippen LogP) is 2.45. The zero-order chi connectivity index (χ0) is 17.6. The molecule has 0 bridgehead atoms. The van der Waals surface area contributed by atoms with Gasteiger partial charge in [0.25, 0.3) is 0 Å².